The molecule has 8 heteroatoms. The van der Waals surface area contributed by atoms with Crippen LogP contribution in [0.25, 0.3) is 10.4 Å². The second-order valence-electron chi connectivity index (χ2n) is 6.43. The number of methoxy groups -OCH3 is 1. The molecule has 0 spiro atoms. The Balaban J connectivity index is 0.00000280. The van der Waals surface area contributed by atoms with Crippen molar-refractivity contribution in [3.8, 4) is 16.2 Å². The summed E-state index contributed by atoms with van der Waals surface area (Å²) in [6, 6.07) is 12.3. The number of nitrogens with zero attached hydrogens (tertiary/aromatic N) is 2. The van der Waals surface area contributed by atoms with Crippen molar-refractivity contribution < 1.29 is 9.47 Å². The van der Waals surface area contributed by atoms with Gasteiger partial charge in [0, 0.05) is 29.4 Å². The predicted molar refractivity (Wildman–Crippen MR) is 127 cm³/mol. The smallest absolute Gasteiger partial charge is 0.188 e. The number of hydrogen-bond acceptors (Lipinski definition) is 5. The van der Waals surface area contributed by atoms with E-state index in [2.05, 4.69) is 39.5 Å². The van der Waals surface area contributed by atoms with Crippen LogP contribution in [0, 0.1) is 0 Å². The van der Waals surface area contributed by atoms with Crippen molar-refractivity contribution in [2.24, 2.45) is 10.7 Å². The Labute approximate surface area is 188 Å². The van der Waals surface area contributed by atoms with Gasteiger partial charge < -0.3 is 20.5 Å². The number of morpholine rings is 1. The first-order valence-electron chi connectivity index (χ1n) is 9.31. The van der Waals surface area contributed by atoms with E-state index < -0.39 is 0 Å². The molecular weight excluding hydrogens is 487 g/mol. The Morgan fingerprint density at radius 3 is 2.68 bits per heavy atom. The summed E-state index contributed by atoms with van der Waals surface area (Å²) in [4.78, 5) is 9.29. The first kappa shape index (κ1) is 22.9. The summed E-state index contributed by atoms with van der Waals surface area (Å²) in [5.41, 5.74) is 7.17. The number of benzene rings is 1. The minimum Gasteiger partial charge on any atom is -0.497 e. The Bertz CT molecular complexity index is 730. The molecule has 2 aromatic rings. The van der Waals surface area contributed by atoms with Crippen LogP contribution in [-0.2, 0) is 11.3 Å². The van der Waals surface area contributed by atoms with Crippen LogP contribution in [0.1, 0.15) is 11.3 Å². The van der Waals surface area contributed by atoms with Crippen LogP contribution < -0.4 is 15.8 Å². The molecule has 2 heterocycles. The van der Waals surface area contributed by atoms with Gasteiger partial charge in [0.1, 0.15) is 5.75 Å². The van der Waals surface area contributed by atoms with Gasteiger partial charge in [-0.2, -0.15) is 0 Å². The number of nitrogens with one attached hydrogen (secondary N) is 1. The van der Waals surface area contributed by atoms with Gasteiger partial charge in [-0.25, -0.2) is 4.99 Å². The van der Waals surface area contributed by atoms with Crippen LogP contribution in [0.2, 0.25) is 0 Å². The molecule has 0 atom stereocenters. The molecule has 1 fully saturated rings. The van der Waals surface area contributed by atoms with Crippen molar-refractivity contribution in [2.45, 2.75) is 13.0 Å². The number of ether oxygens (including phenoxy) is 2. The van der Waals surface area contributed by atoms with E-state index in [1.807, 2.05) is 12.1 Å². The third-order valence-electron chi connectivity index (χ3n) is 4.50. The Hall–Kier alpha value is -1.36. The number of guanidine groups is 1. The summed E-state index contributed by atoms with van der Waals surface area (Å²) in [7, 11) is 1.68. The van der Waals surface area contributed by atoms with Gasteiger partial charge >= 0.3 is 0 Å². The first-order chi connectivity index (χ1) is 13.2. The highest BCUT2D eigenvalue weighted by Gasteiger charge is 2.09. The zero-order valence-electron chi connectivity index (χ0n) is 16.2. The minimum atomic E-state index is 0. The number of nitrogens with two attached hydrogens (primary N) is 1. The van der Waals surface area contributed by atoms with Crippen LogP contribution in [-0.4, -0.2) is 57.4 Å². The molecule has 1 aromatic heterocycles. The van der Waals surface area contributed by atoms with Gasteiger partial charge in [-0.15, -0.1) is 35.3 Å². The normalized spacial score (nSPS) is 15.1. The lowest BCUT2D eigenvalue weighted by Gasteiger charge is -2.26. The van der Waals surface area contributed by atoms with E-state index in [-0.39, 0.29) is 24.0 Å². The van der Waals surface area contributed by atoms with Gasteiger partial charge in [-0.1, -0.05) is 0 Å². The summed E-state index contributed by atoms with van der Waals surface area (Å²) >= 11 is 1.74. The molecule has 0 radical (unpaired) electrons. The van der Waals surface area contributed by atoms with Crippen LogP contribution in [0.3, 0.4) is 0 Å². The van der Waals surface area contributed by atoms with E-state index in [1.165, 1.54) is 15.3 Å². The van der Waals surface area contributed by atoms with Crippen LogP contribution in [0.5, 0.6) is 5.75 Å². The van der Waals surface area contributed by atoms with Crippen molar-refractivity contribution in [3.05, 3.63) is 41.3 Å². The molecule has 1 aliphatic rings. The molecule has 1 saturated heterocycles. The monoisotopic (exact) mass is 516 g/mol. The minimum absolute atomic E-state index is 0. The highest BCUT2D eigenvalue weighted by Crippen LogP contribution is 2.29. The lowest BCUT2D eigenvalue weighted by molar-refractivity contribution is 0.0376. The SMILES string of the molecule is COc1ccc(-c2ccc(CN=C(N)NCCCN3CCOCC3)s2)cc1.I. The Morgan fingerprint density at radius 1 is 1.21 bits per heavy atom. The van der Waals surface area contributed by atoms with Crippen molar-refractivity contribution >= 4 is 41.3 Å². The molecular formula is C20H29IN4O2S. The second-order valence-corrected chi connectivity index (χ2v) is 7.60. The third-order valence-corrected chi connectivity index (χ3v) is 5.62. The van der Waals surface area contributed by atoms with E-state index in [1.54, 1.807) is 18.4 Å². The topological polar surface area (TPSA) is 72.1 Å². The maximum Gasteiger partial charge on any atom is 0.188 e. The molecule has 6 nitrogen and oxygen atoms in total. The average Bonchev–Trinajstić information content (AvgIpc) is 3.19. The predicted octanol–water partition coefficient (Wildman–Crippen LogP) is 3.17. The van der Waals surface area contributed by atoms with E-state index in [4.69, 9.17) is 15.2 Å². The third kappa shape index (κ3) is 7.23. The highest BCUT2D eigenvalue weighted by atomic mass is 127. The summed E-state index contributed by atoms with van der Waals surface area (Å²) in [6.07, 6.45) is 1.05. The largest absolute Gasteiger partial charge is 0.497 e. The van der Waals surface area contributed by atoms with E-state index in [9.17, 15) is 0 Å². The van der Waals surface area contributed by atoms with E-state index in [0.29, 0.717) is 12.5 Å². The first-order valence-corrected chi connectivity index (χ1v) is 10.1. The zero-order valence-corrected chi connectivity index (χ0v) is 19.4. The van der Waals surface area contributed by atoms with E-state index in [0.717, 1.165) is 51.6 Å². The molecule has 3 N–H and O–H groups in total. The molecule has 28 heavy (non-hydrogen) atoms. The summed E-state index contributed by atoms with van der Waals surface area (Å²) < 4.78 is 10.6. The molecule has 1 aliphatic heterocycles. The van der Waals surface area contributed by atoms with Crippen molar-refractivity contribution in [1.29, 1.82) is 0 Å². The molecule has 0 aliphatic carbocycles. The highest BCUT2D eigenvalue weighted by molar-refractivity contribution is 14.0. The second kappa shape index (κ2) is 12.3. The number of halogens is 1. The molecule has 154 valence electrons. The van der Waals surface area contributed by atoms with E-state index >= 15 is 0 Å². The average molecular weight is 516 g/mol. The fraction of sp³-hybridized carbons (Fsp3) is 0.450. The van der Waals surface area contributed by atoms with Gasteiger partial charge in [0.15, 0.2) is 5.96 Å². The van der Waals surface area contributed by atoms with Gasteiger partial charge in [0.05, 0.1) is 26.9 Å². The molecule has 0 unspecified atom stereocenters. The van der Waals surface area contributed by atoms with Crippen molar-refractivity contribution in [3.63, 3.8) is 0 Å². The molecule has 0 bridgehead atoms. The maximum atomic E-state index is 5.99. The number of rotatable bonds is 8. The lowest BCUT2D eigenvalue weighted by atomic mass is 10.2. The summed E-state index contributed by atoms with van der Waals surface area (Å²) in [5, 5.41) is 3.20. The molecule has 1 aromatic carbocycles. The molecule has 0 amide bonds. The van der Waals surface area contributed by atoms with Gasteiger partial charge in [0.2, 0.25) is 0 Å². The molecule has 0 saturated carbocycles. The lowest BCUT2D eigenvalue weighted by Crippen LogP contribution is -2.39. The fourth-order valence-electron chi connectivity index (χ4n) is 2.94. The molecule has 3 rings (SSSR count). The van der Waals surface area contributed by atoms with Gasteiger partial charge in [-0.05, 0) is 54.9 Å². The number of aliphatic imine (C=N–C) groups is 1. The summed E-state index contributed by atoms with van der Waals surface area (Å²) in [6.45, 7) is 6.25. The number of hydrogen-bond donors (Lipinski definition) is 2. The Morgan fingerprint density at radius 2 is 1.96 bits per heavy atom. The van der Waals surface area contributed by atoms with Gasteiger partial charge in [-0.3, -0.25) is 4.90 Å². The maximum absolute atomic E-state index is 5.99. The van der Waals surface area contributed by atoms with Gasteiger partial charge in [0.25, 0.3) is 0 Å². The van der Waals surface area contributed by atoms with Crippen LogP contribution in [0.4, 0.5) is 0 Å². The fourth-order valence-corrected chi connectivity index (χ4v) is 3.87. The van der Waals surface area contributed by atoms with Crippen molar-refractivity contribution in [1.82, 2.24) is 10.2 Å². The van der Waals surface area contributed by atoms with Crippen LogP contribution in [0.15, 0.2) is 41.4 Å². The standard InChI is InChI=1S/C20H28N4O2S.HI/c1-25-17-5-3-16(4-6-17)19-8-7-18(27-19)15-23-20(21)22-9-2-10-24-11-13-26-14-12-24;/h3-8H,2,9-15H2,1H3,(H3,21,22,23);1H. The van der Waals surface area contributed by atoms with Crippen molar-refractivity contribution in [2.75, 3.05) is 46.5 Å². The van der Waals surface area contributed by atoms with Crippen LogP contribution >= 0.6 is 35.3 Å². The quantitative estimate of drug-likeness (QED) is 0.244. The zero-order chi connectivity index (χ0) is 18.9. The number of thiophene rings is 1. The Kier molecular flexibility index (Phi) is 10.0. The summed E-state index contributed by atoms with van der Waals surface area (Å²) in [5.74, 6) is 1.38.